The minimum absolute atomic E-state index is 0.477. The van der Waals surface area contributed by atoms with E-state index in [1.807, 2.05) is 12.1 Å². The summed E-state index contributed by atoms with van der Waals surface area (Å²) in [6, 6.07) is 55.1. The first-order chi connectivity index (χ1) is 21.7. The molecule has 0 aromatic heterocycles. The standard InChI is InChI=1S/C42H24N2/c43-25-27-21-28(26-44)23-33(22-27)34-20-19-32-17-10-18-35-38(32)40(34)42-37(30-13-6-2-7-14-30)24-36(29-11-4-1-5-12-29)39(41(35)42)31-15-8-3-9-16-31/h1-24H. The fourth-order valence-corrected chi connectivity index (χ4v) is 6.81. The maximum Gasteiger partial charge on any atom is 0.0992 e. The summed E-state index contributed by atoms with van der Waals surface area (Å²) in [5, 5.41) is 22.0. The van der Waals surface area contributed by atoms with Crippen LogP contribution in [-0.2, 0) is 0 Å². The van der Waals surface area contributed by atoms with Crippen LogP contribution in [0, 0.1) is 22.7 Å². The molecule has 202 valence electrons. The van der Waals surface area contributed by atoms with E-state index in [4.69, 9.17) is 0 Å². The third-order valence-electron chi connectivity index (χ3n) is 8.63. The van der Waals surface area contributed by atoms with E-state index in [0.29, 0.717) is 11.1 Å². The van der Waals surface area contributed by atoms with Gasteiger partial charge in [-0.05, 0) is 102 Å². The highest BCUT2D eigenvalue weighted by molar-refractivity contribution is 6.25. The second-order valence-electron chi connectivity index (χ2n) is 11.1. The van der Waals surface area contributed by atoms with Crippen molar-refractivity contribution < 1.29 is 0 Å². The molecular formula is C42H24N2. The highest BCUT2D eigenvalue weighted by Gasteiger charge is 2.32. The molecule has 8 rings (SSSR count). The van der Waals surface area contributed by atoms with Crippen LogP contribution in [0.4, 0.5) is 0 Å². The zero-order valence-corrected chi connectivity index (χ0v) is 23.8. The molecule has 0 N–H and O–H groups in total. The molecule has 0 radical (unpaired) electrons. The Bertz CT molecular complexity index is 2290. The molecule has 44 heavy (non-hydrogen) atoms. The topological polar surface area (TPSA) is 47.6 Å². The predicted molar refractivity (Wildman–Crippen MR) is 180 cm³/mol. The van der Waals surface area contributed by atoms with Gasteiger partial charge in [0.1, 0.15) is 0 Å². The Kier molecular flexibility index (Phi) is 5.94. The number of benzene rings is 7. The van der Waals surface area contributed by atoms with Gasteiger partial charge in [0.15, 0.2) is 0 Å². The van der Waals surface area contributed by atoms with Crippen LogP contribution in [0.5, 0.6) is 0 Å². The van der Waals surface area contributed by atoms with Crippen LogP contribution in [-0.4, -0.2) is 0 Å². The molecule has 7 aromatic rings. The van der Waals surface area contributed by atoms with Gasteiger partial charge in [-0.2, -0.15) is 10.5 Å². The van der Waals surface area contributed by atoms with E-state index < -0.39 is 0 Å². The Hall–Kier alpha value is -6.22. The number of fused-ring (bicyclic) bond motifs is 3. The third-order valence-corrected chi connectivity index (χ3v) is 8.63. The fraction of sp³-hybridized carbons (Fsp3) is 0. The molecule has 0 spiro atoms. The van der Waals surface area contributed by atoms with E-state index in [-0.39, 0.29) is 0 Å². The first-order valence-corrected chi connectivity index (χ1v) is 14.6. The monoisotopic (exact) mass is 556 g/mol. The molecule has 0 saturated heterocycles. The Labute approximate surface area is 256 Å². The summed E-state index contributed by atoms with van der Waals surface area (Å²) in [5.74, 6) is 0. The van der Waals surface area contributed by atoms with Gasteiger partial charge in [-0.1, -0.05) is 121 Å². The van der Waals surface area contributed by atoms with Gasteiger partial charge in [0.2, 0.25) is 0 Å². The van der Waals surface area contributed by atoms with E-state index in [1.54, 1.807) is 6.07 Å². The summed E-state index contributed by atoms with van der Waals surface area (Å²) < 4.78 is 0. The molecule has 0 heterocycles. The van der Waals surface area contributed by atoms with Gasteiger partial charge in [0, 0.05) is 0 Å². The summed E-state index contributed by atoms with van der Waals surface area (Å²) in [6.07, 6.45) is 0. The maximum atomic E-state index is 9.83. The quantitative estimate of drug-likeness (QED) is 0.216. The molecule has 0 fully saturated rings. The lowest BCUT2D eigenvalue weighted by atomic mass is 9.81. The van der Waals surface area contributed by atoms with Gasteiger partial charge in [0.05, 0.1) is 23.3 Å². The summed E-state index contributed by atoms with van der Waals surface area (Å²) in [4.78, 5) is 0. The molecule has 2 nitrogen and oxygen atoms in total. The van der Waals surface area contributed by atoms with Crippen molar-refractivity contribution in [2.24, 2.45) is 0 Å². The molecular weight excluding hydrogens is 532 g/mol. The minimum Gasteiger partial charge on any atom is -0.192 e. The van der Waals surface area contributed by atoms with Crippen molar-refractivity contribution in [3.63, 3.8) is 0 Å². The number of hydrogen-bond acceptors (Lipinski definition) is 2. The Morgan fingerprint density at radius 3 is 1.50 bits per heavy atom. The molecule has 0 amide bonds. The lowest BCUT2D eigenvalue weighted by Crippen LogP contribution is -1.95. The lowest BCUT2D eigenvalue weighted by molar-refractivity contribution is 1.45. The Morgan fingerprint density at radius 1 is 0.341 bits per heavy atom. The average molecular weight is 557 g/mol. The van der Waals surface area contributed by atoms with Crippen LogP contribution in [0.1, 0.15) is 11.1 Å². The zero-order valence-electron chi connectivity index (χ0n) is 23.8. The molecule has 0 unspecified atom stereocenters. The van der Waals surface area contributed by atoms with Gasteiger partial charge in [-0.15, -0.1) is 0 Å². The largest absolute Gasteiger partial charge is 0.192 e. The van der Waals surface area contributed by atoms with Gasteiger partial charge in [-0.25, -0.2) is 0 Å². The Balaban J connectivity index is 1.59. The van der Waals surface area contributed by atoms with E-state index >= 15 is 0 Å². The minimum atomic E-state index is 0.477. The van der Waals surface area contributed by atoms with Crippen LogP contribution in [0.2, 0.25) is 0 Å². The van der Waals surface area contributed by atoms with Crippen LogP contribution < -0.4 is 0 Å². The van der Waals surface area contributed by atoms with Crippen molar-refractivity contribution in [2.45, 2.75) is 0 Å². The molecule has 2 heteroatoms. The van der Waals surface area contributed by atoms with E-state index in [2.05, 4.69) is 140 Å². The van der Waals surface area contributed by atoms with Crippen LogP contribution in [0.15, 0.2) is 146 Å². The smallest absolute Gasteiger partial charge is 0.0992 e. The van der Waals surface area contributed by atoms with Crippen LogP contribution in [0.25, 0.3) is 77.5 Å². The van der Waals surface area contributed by atoms with E-state index in [1.165, 1.54) is 33.2 Å². The summed E-state index contributed by atoms with van der Waals surface area (Å²) in [5.41, 5.74) is 14.6. The molecule has 0 bridgehead atoms. The highest BCUT2D eigenvalue weighted by atomic mass is 14.3. The second-order valence-corrected chi connectivity index (χ2v) is 11.1. The number of rotatable bonds is 4. The van der Waals surface area contributed by atoms with Gasteiger partial charge in [-0.3, -0.25) is 0 Å². The van der Waals surface area contributed by atoms with Crippen molar-refractivity contribution in [2.75, 3.05) is 0 Å². The van der Waals surface area contributed by atoms with Crippen LogP contribution >= 0.6 is 0 Å². The third kappa shape index (κ3) is 3.94. The molecule has 7 aromatic carbocycles. The van der Waals surface area contributed by atoms with Gasteiger partial charge in [0.25, 0.3) is 0 Å². The number of nitrogens with zero attached hydrogens (tertiary/aromatic N) is 2. The lowest BCUT2D eigenvalue weighted by Gasteiger charge is -2.21. The van der Waals surface area contributed by atoms with Gasteiger partial charge >= 0.3 is 0 Å². The molecule has 1 aliphatic carbocycles. The molecule has 0 aliphatic heterocycles. The zero-order chi connectivity index (χ0) is 29.6. The number of hydrogen-bond donors (Lipinski definition) is 0. The highest BCUT2D eigenvalue weighted by Crippen LogP contribution is 2.59. The van der Waals surface area contributed by atoms with Crippen molar-refractivity contribution in [3.8, 4) is 78.9 Å². The molecule has 0 saturated carbocycles. The molecule has 1 aliphatic rings. The second kappa shape index (κ2) is 10.2. The number of nitriles is 2. The van der Waals surface area contributed by atoms with E-state index in [0.717, 1.165) is 44.3 Å². The summed E-state index contributed by atoms with van der Waals surface area (Å²) in [6.45, 7) is 0. The molecule has 0 atom stereocenters. The summed E-state index contributed by atoms with van der Waals surface area (Å²) >= 11 is 0. The summed E-state index contributed by atoms with van der Waals surface area (Å²) in [7, 11) is 0. The first kappa shape index (κ1) is 25.5. The van der Waals surface area contributed by atoms with Crippen LogP contribution in [0.3, 0.4) is 0 Å². The van der Waals surface area contributed by atoms with Crippen molar-refractivity contribution in [1.29, 1.82) is 10.5 Å². The Morgan fingerprint density at radius 2 is 0.909 bits per heavy atom. The van der Waals surface area contributed by atoms with Crippen molar-refractivity contribution in [1.82, 2.24) is 0 Å². The first-order valence-electron chi connectivity index (χ1n) is 14.6. The van der Waals surface area contributed by atoms with E-state index in [9.17, 15) is 10.5 Å². The maximum absolute atomic E-state index is 9.83. The van der Waals surface area contributed by atoms with Crippen molar-refractivity contribution in [3.05, 3.63) is 157 Å². The van der Waals surface area contributed by atoms with Crippen molar-refractivity contribution >= 4 is 10.8 Å². The average Bonchev–Trinajstić information content (AvgIpc) is 3.45. The SMILES string of the molecule is N#Cc1cc(C#N)cc(-c2ccc3cccc4c3c2-c2c(-c3ccccc3)cc(-c3ccccc3)c(-c3ccccc3)c2-4)c1. The van der Waals surface area contributed by atoms with Gasteiger partial charge < -0.3 is 0 Å². The predicted octanol–water partition coefficient (Wildman–Crippen LogP) is 10.9. The normalized spacial score (nSPS) is 11.1. The fourth-order valence-electron chi connectivity index (χ4n) is 6.81.